The Hall–Kier alpha value is -4.34. The van der Waals surface area contributed by atoms with E-state index in [0.717, 1.165) is 33.5 Å². The van der Waals surface area contributed by atoms with Crippen molar-refractivity contribution in [2.24, 2.45) is 7.05 Å². The minimum Gasteiger partial charge on any atom is -0.445 e. The van der Waals surface area contributed by atoms with Gasteiger partial charge in [0.25, 0.3) is 0 Å². The largest absolute Gasteiger partial charge is 0.445 e. The van der Waals surface area contributed by atoms with Gasteiger partial charge >= 0.3 is 12.2 Å². The molecule has 0 radical (unpaired) electrons. The van der Waals surface area contributed by atoms with Crippen LogP contribution in [0.25, 0.3) is 22.2 Å². The van der Waals surface area contributed by atoms with Crippen LogP contribution in [0.3, 0.4) is 0 Å². The van der Waals surface area contributed by atoms with Crippen molar-refractivity contribution in [1.29, 1.82) is 0 Å². The van der Waals surface area contributed by atoms with Crippen LogP contribution in [0.4, 0.5) is 9.59 Å². The van der Waals surface area contributed by atoms with Crippen molar-refractivity contribution in [2.45, 2.75) is 51.2 Å². The lowest BCUT2D eigenvalue weighted by Gasteiger charge is -2.40. The number of aromatic nitrogens is 4. The number of carbonyl (C=O) groups excluding carboxylic acids is 2. The highest BCUT2D eigenvalue weighted by Gasteiger charge is 2.41. The number of aryl methyl sites for hydroxylation is 1. The molecule has 2 N–H and O–H groups in total. The first-order chi connectivity index (χ1) is 19.1. The number of ether oxygens (including phenoxy) is 2. The predicted molar refractivity (Wildman–Crippen MR) is 152 cm³/mol. The van der Waals surface area contributed by atoms with E-state index in [1.165, 1.54) is 0 Å². The molecule has 40 heavy (non-hydrogen) atoms. The van der Waals surface area contributed by atoms with Gasteiger partial charge in [-0.05, 0) is 45.2 Å². The molecule has 0 aliphatic carbocycles. The molecule has 5 rings (SSSR count). The van der Waals surface area contributed by atoms with Gasteiger partial charge in [0.2, 0.25) is 0 Å². The van der Waals surface area contributed by atoms with Crippen LogP contribution in [0.15, 0.2) is 60.9 Å². The van der Waals surface area contributed by atoms with E-state index < -0.39 is 17.1 Å². The monoisotopic (exact) mass is 544 g/mol. The number of rotatable bonds is 6. The summed E-state index contributed by atoms with van der Waals surface area (Å²) in [6.45, 7) is 7.02. The molecule has 1 fully saturated rings. The van der Waals surface area contributed by atoms with Gasteiger partial charge in [-0.2, -0.15) is 5.10 Å². The summed E-state index contributed by atoms with van der Waals surface area (Å²) in [5.74, 6) is 0.769. The highest BCUT2D eigenvalue weighted by Crippen LogP contribution is 2.37. The molecule has 4 aromatic rings. The summed E-state index contributed by atoms with van der Waals surface area (Å²) in [6, 6.07) is 15.6. The van der Waals surface area contributed by atoms with E-state index in [4.69, 9.17) is 14.5 Å². The molecule has 210 valence electrons. The summed E-state index contributed by atoms with van der Waals surface area (Å²) in [5.41, 5.74) is 3.50. The van der Waals surface area contributed by atoms with Gasteiger partial charge in [0.05, 0.1) is 17.2 Å². The molecule has 1 aliphatic heterocycles. The van der Waals surface area contributed by atoms with E-state index >= 15 is 0 Å². The number of nitrogens with zero attached hydrogens (tertiary/aromatic N) is 4. The van der Waals surface area contributed by atoms with Crippen LogP contribution in [0.5, 0.6) is 0 Å². The molecule has 0 spiro atoms. The summed E-state index contributed by atoms with van der Waals surface area (Å²) in [6.07, 6.45) is 4.13. The number of alkyl carbamates (subject to hydrolysis) is 1. The molecule has 1 aliphatic rings. The Morgan fingerprint density at radius 2 is 1.82 bits per heavy atom. The number of fused-ring (bicyclic) bond motifs is 1. The maximum absolute atomic E-state index is 12.8. The van der Waals surface area contributed by atoms with Crippen molar-refractivity contribution >= 4 is 23.2 Å². The summed E-state index contributed by atoms with van der Waals surface area (Å²) >= 11 is 0. The molecule has 0 unspecified atom stereocenters. The number of piperidine rings is 1. The zero-order chi connectivity index (χ0) is 28.3. The second-order valence-electron chi connectivity index (χ2n) is 11.4. The Kier molecular flexibility index (Phi) is 7.51. The topological polar surface area (TPSA) is 114 Å². The molecule has 0 atom stereocenters. The van der Waals surface area contributed by atoms with E-state index in [2.05, 4.69) is 15.4 Å². The smallest absolute Gasteiger partial charge is 0.410 e. The molecule has 3 heterocycles. The van der Waals surface area contributed by atoms with Crippen molar-refractivity contribution in [3.63, 3.8) is 0 Å². The van der Waals surface area contributed by atoms with Crippen LogP contribution in [-0.4, -0.2) is 62.1 Å². The highest BCUT2D eigenvalue weighted by atomic mass is 16.6. The molecule has 0 saturated carbocycles. The Labute approximate surface area is 233 Å². The molecule has 0 bridgehead atoms. The molecule has 1 saturated heterocycles. The Balaban J connectivity index is 1.39. The first-order valence-corrected chi connectivity index (χ1v) is 13.5. The molecular formula is C30H36N6O4. The minimum atomic E-state index is -0.572. The Morgan fingerprint density at radius 1 is 1.07 bits per heavy atom. The van der Waals surface area contributed by atoms with Gasteiger partial charge in [-0.1, -0.05) is 42.5 Å². The summed E-state index contributed by atoms with van der Waals surface area (Å²) in [7, 11) is 1.88. The number of H-pyrrole nitrogens is 1. The fourth-order valence-corrected chi connectivity index (χ4v) is 5.03. The van der Waals surface area contributed by atoms with Crippen LogP contribution in [-0.2, 0) is 28.5 Å². The van der Waals surface area contributed by atoms with Crippen molar-refractivity contribution in [3.8, 4) is 11.1 Å². The number of hydrogen-bond acceptors (Lipinski definition) is 6. The predicted octanol–water partition coefficient (Wildman–Crippen LogP) is 5.16. The normalized spacial score (nSPS) is 15.2. The third-order valence-electron chi connectivity index (χ3n) is 7.19. The zero-order valence-electron chi connectivity index (χ0n) is 23.4. The van der Waals surface area contributed by atoms with Gasteiger partial charge in [-0.3, -0.25) is 4.68 Å². The van der Waals surface area contributed by atoms with Crippen molar-refractivity contribution < 1.29 is 19.1 Å². The first kappa shape index (κ1) is 27.2. The third kappa shape index (κ3) is 6.11. The standard InChI is InChI=1S/C30H36N6O4/c1-29(2,3)40-28(38)36-15-13-30(14-16-36,20-31-27(37)39-19-21-9-6-5-7-10-21)26-33-24-12-8-11-23(25(24)34-26)22-17-32-35(4)18-22/h5-12,17-18H,13-16,19-20H2,1-4H3,(H,31,37)(H,33,34). The van der Waals surface area contributed by atoms with Gasteiger partial charge in [0.15, 0.2) is 0 Å². The van der Waals surface area contributed by atoms with Gasteiger partial charge in [-0.15, -0.1) is 0 Å². The minimum absolute atomic E-state index is 0.186. The van der Waals surface area contributed by atoms with Crippen LogP contribution in [0, 0.1) is 0 Å². The number of para-hydroxylation sites is 1. The van der Waals surface area contributed by atoms with E-state index in [1.807, 2.05) is 88.7 Å². The lowest BCUT2D eigenvalue weighted by atomic mass is 9.77. The van der Waals surface area contributed by atoms with Gasteiger partial charge in [0.1, 0.15) is 18.0 Å². The number of hydrogen-bond donors (Lipinski definition) is 2. The number of likely N-dealkylation sites (tertiary alicyclic amines) is 1. The average molecular weight is 545 g/mol. The maximum Gasteiger partial charge on any atom is 0.410 e. The molecule has 10 nitrogen and oxygen atoms in total. The molecular weight excluding hydrogens is 508 g/mol. The molecule has 10 heteroatoms. The van der Waals surface area contributed by atoms with E-state index in [-0.39, 0.29) is 12.7 Å². The number of benzene rings is 2. The lowest BCUT2D eigenvalue weighted by molar-refractivity contribution is 0.0157. The van der Waals surface area contributed by atoms with Crippen molar-refractivity contribution in [1.82, 2.24) is 30.0 Å². The number of aromatic amines is 1. The van der Waals surface area contributed by atoms with E-state index in [1.54, 1.807) is 9.58 Å². The third-order valence-corrected chi connectivity index (χ3v) is 7.19. The first-order valence-electron chi connectivity index (χ1n) is 13.5. The van der Waals surface area contributed by atoms with Crippen LogP contribution in [0.2, 0.25) is 0 Å². The number of imidazole rings is 1. The quantitative estimate of drug-likeness (QED) is 0.347. The Morgan fingerprint density at radius 3 is 2.50 bits per heavy atom. The highest BCUT2D eigenvalue weighted by molar-refractivity contribution is 5.91. The van der Waals surface area contributed by atoms with Gasteiger partial charge < -0.3 is 24.7 Å². The second kappa shape index (κ2) is 11.0. The summed E-state index contributed by atoms with van der Waals surface area (Å²) < 4.78 is 12.8. The molecule has 2 aromatic heterocycles. The lowest BCUT2D eigenvalue weighted by Crippen LogP contribution is -2.51. The van der Waals surface area contributed by atoms with Crippen LogP contribution in [0.1, 0.15) is 45.0 Å². The van der Waals surface area contributed by atoms with Crippen molar-refractivity contribution in [3.05, 3.63) is 72.3 Å². The zero-order valence-corrected chi connectivity index (χ0v) is 23.4. The summed E-state index contributed by atoms with van der Waals surface area (Å²) in [4.78, 5) is 35.8. The molecule has 2 amide bonds. The molecule has 2 aromatic carbocycles. The van der Waals surface area contributed by atoms with Gasteiger partial charge in [0, 0.05) is 49.4 Å². The number of carbonyl (C=O) groups is 2. The fraction of sp³-hybridized carbons (Fsp3) is 0.400. The number of nitrogens with one attached hydrogen (secondary N) is 2. The summed E-state index contributed by atoms with van der Waals surface area (Å²) in [5, 5.41) is 7.29. The Bertz CT molecular complexity index is 1480. The average Bonchev–Trinajstić information content (AvgIpc) is 3.57. The van der Waals surface area contributed by atoms with Crippen LogP contribution >= 0.6 is 0 Å². The van der Waals surface area contributed by atoms with E-state index in [0.29, 0.717) is 32.5 Å². The second-order valence-corrected chi connectivity index (χ2v) is 11.4. The number of amides is 2. The maximum atomic E-state index is 12.8. The van der Waals surface area contributed by atoms with E-state index in [9.17, 15) is 9.59 Å². The van der Waals surface area contributed by atoms with Crippen molar-refractivity contribution in [2.75, 3.05) is 19.6 Å². The van der Waals surface area contributed by atoms with Crippen LogP contribution < -0.4 is 5.32 Å². The SMILES string of the molecule is Cn1cc(-c2cccc3[nH]c(C4(CNC(=O)OCc5ccccc5)CCN(C(=O)OC(C)(C)C)CC4)nc23)cn1. The fourth-order valence-electron chi connectivity index (χ4n) is 5.03. The van der Waals surface area contributed by atoms with Gasteiger partial charge in [-0.25, -0.2) is 14.6 Å².